The Labute approximate surface area is 209 Å². The van der Waals surface area contributed by atoms with Crippen molar-refractivity contribution in [3.05, 3.63) is 89.8 Å². The molecule has 1 saturated heterocycles. The molecule has 0 aliphatic carbocycles. The number of aromatic nitrogens is 4. The molecule has 0 atom stereocenters. The molecule has 3 aromatic rings. The summed E-state index contributed by atoms with van der Waals surface area (Å²) in [5.74, 6) is 1.93. The van der Waals surface area contributed by atoms with Crippen LogP contribution in [-0.2, 0) is 0 Å². The van der Waals surface area contributed by atoms with Crippen molar-refractivity contribution in [2.24, 2.45) is 4.99 Å². The summed E-state index contributed by atoms with van der Waals surface area (Å²) in [5.41, 5.74) is 3.01. The lowest BCUT2D eigenvalue weighted by Gasteiger charge is -2.36. The Morgan fingerprint density at radius 2 is 1.72 bits per heavy atom. The molecule has 0 spiro atoms. The van der Waals surface area contributed by atoms with Gasteiger partial charge in [-0.05, 0) is 54.5 Å². The third-order valence-electron chi connectivity index (χ3n) is 5.88. The molecular formula is C27H27FN8. The molecule has 36 heavy (non-hydrogen) atoms. The minimum atomic E-state index is -0.286. The lowest BCUT2D eigenvalue weighted by Crippen LogP contribution is -2.47. The summed E-state index contributed by atoms with van der Waals surface area (Å²) in [6.45, 7) is 5.82. The lowest BCUT2D eigenvalue weighted by atomic mass is 10.2. The number of hydrogen-bond acceptors (Lipinski definition) is 8. The topological polar surface area (TPSA) is 82.4 Å². The van der Waals surface area contributed by atoms with E-state index in [1.807, 2.05) is 55.7 Å². The van der Waals surface area contributed by atoms with Crippen molar-refractivity contribution < 1.29 is 4.39 Å². The standard InChI is InChI=1S/C27H27FN8/c1-2-4-21-18-25(30-19-21)32-26-31-24(8-7-20-5-3-6-22(28)17-20)33-27(34-26)36-15-13-35(14-16-36)23-9-11-29-12-10-23/h2-12,17-18H,13-16,19H2,1H3,(H,30,31,32,33,34)/b4-2+,8-7+. The first-order valence-corrected chi connectivity index (χ1v) is 11.9. The molecule has 8 nitrogen and oxygen atoms in total. The van der Waals surface area contributed by atoms with Crippen LogP contribution in [0.4, 0.5) is 22.0 Å². The first-order chi connectivity index (χ1) is 17.7. The van der Waals surface area contributed by atoms with Crippen LogP contribution >= 0.6 is 0 Å². The third kappa shape index (κ3) is 5.80. The van der Waals surface area contributed by atoms with Gasteiger partial charge >= 0.3 is 0 Å². The van der Waals surface area contributed by atoms with Crippen molar-refractivity contribution in [3.8, 4) is 0 Å². The van der Waals surface area contributed by atoms with Crippen LogP contribution in [0.2, 0.25) is 0 Å². The summed E-state index contributed by atoms with van der Waals surface area (Å²) in [6.07, 6.45) is 13.2. The molecule has 0 unspecified atom stereocenters. The molecular weight excluding hydrogens is 455 g/mol. The van der Waals surface area contributed by atoms with Crippen LogP contribution in [0.1, 0.15) is 18.3 Å². The fourth-order valence-corrected chi connectivity index (χ4v) is 4.10. The second-order valence-corrected chi connectivity index (χ2v) is 8.43. The summed E-state index contributed by atoms with van der Waals surface area (Å²) in [7, 11) is 0. The highest BCUT2D eigenvalue weighted by Crippen LogP contribution is 2.20. The van der Waals surface area contributed by atoms with Crippen LogP contribution in [0.15, 0.2) is 77.6 Å². The number of rotatable bonds is 6. The van der Waals surface area contributed by atoms with Gasteiger partial charge in [-0.2, -0.15) is 15.0 Å². The number of allylic oxidation sites excluding steroid dienone is 1. The fraction of sp³-hybridized carbons (Fsp3) is 0.222. The predicted octanol–water partition coefficient (Wildman–Crippen LogP) is 4.23. The Balaban J connectivity index is 1.38. The van der Waals surface area contributed by atoms with Crippen LogP contribution < -0.4 is 15.1 Å². The smallest absolute Gasteiger partial charge is 0.233 e. The van der Waals surface area contributed by atoms with Crippen LogP contribution in [0, 0.1) is 5.82 Å². The van der Waals surface area contributed by atoms with E-state index in [4.69, 9.17) is 9.97 Å². The Hall–Kier alpha value is -4.40. The Kier molecular flexibility index (Phi) is 7.07. The van der Waals surface area contributed by atoms with Gasteiger partial charge < -0.3 is 15.1 Å². The second kappa shape index (κ2) is 10.9. The number of nitrogens with zero attached hydrogens (tertiary/aromatic N) is 7. The maximum atomic E-state index is 13.6. The normalized spacial score (nSPS) is 16.1. The summed E-state index contributed by atoms with van der Waals surface area (Å²) < 4.78 is 13.6. The number of nitrogens with one attached hydrogen (secondary N) is 1. The molecule has 0 amide bonds. The zero-order chi connectivity index (χ0) is 24.7. The fourth-order valence-electron chi connectivity index (χ4n) is 4.10. The molecule has 4 heterocycles. The van der Waals surface area contributed by atoms with E-state index in [-0.39, 0.29) is 5.82 Å². The van der Waals surface area contributed by atoms with E-state index in [9.17, 15) is 4.39 Å². The Morgan fingerprint density at radius 1 is 0.917 bits per heavy atom. The maximum absolute atomic E-state index is 13.6. The zero-order valence-corrected chi connectivity index (χ0v) is 20.0. The highest BCUT2D eigenvalue weighted by atomic mass is 19.1. The first-order valence-electron chi connectivity index (χ1n) is 11.9. The number of piperazine rings is 1. The third-order valence-corrected chi connectivity index (χ3v) is 5.88. The van der Waals surface area contributed by atoms with Gasteiger partial charge in [-0.3, -0.25) is 9.98 Å². The first kappa shape index (κ1) is 23.3. The molecule has 182 valence electrons. The van der Waals surface area contributed by atoms with Crippen LogP contribution in [0.3, 0.4) is 0 Å². The highest BCUT2D eigenvalue weighted by molar-refractivity contribution is 6.05. The molecule has 1 fully saturated rings. The number of halogens is 1. The summed E-state index contributed by atoms with van der Waals surface area (Å²) >= 11 is 0. The van der Waals surface area contributed by atoms with Crippen LogP contribution in [0.5, 0.6) is 0 Å². The number of hydrogen-bond donors (Lipinski definition) is 1. The lowest BCUT2D eigenvalue weighted by molar-refractivity contribution is 0.627. The molecule has 1 N–H and O–H groups in total. The van der Waals surface area contributed by atoms with Crippen molar-refractivity contribution in [1.29, 1.82) is 0 Å². The van der Waals surface area contributed by atoms with Gasteiger partial charge in [-0.15, -0.1) is 0 Å². The molecule has 2 aliphatic rings. The van der Waals surface area contributed by atoms with Gasteiger partial charge in [0.05, 0.1) is 6.54 Å². The second-order valence-electron chi connectivity index (χ2n) is 8.43. The van der Waals surface area contributed by atoms with Gasteiger partial charge in [0.2, 0.25) is 11.9 Å². The minimum absolute atomic E-state index is 0.286. The zero-order valence-electron chi connectivity index (χ0n) is 20.0. The number of benzene rings is 1. The molecule has 2 aliphatic heterocycles. The summed E-state index contributed by atoms with van der Waals surface area (Å²) in [4.78, 5) is 27.1. The van der Waals surface area contributed by atoms with E-state index in [1.54, 1.807) is 18.2 Å². The van der Waals surface area contributed by atoms with E-state index < -0.39 is 0 Å². The van der Waals surface area contributed by atoms with E-state index >= 15 is 0 Å². The largest absolute Gasteiger partial charge is 0.368 e. The average molecular weight is 483 g/mol. The average Bonchev–Trinajstić information content (AvgIpc) is 3.35. The Morgan fingerprint density at radius 3 is 2.50 bits per heavy atom. The highest BCUT2D eigenvalue weighted by Gasteiger charge is 2.21. The molecule has 5 rings (SSSR count). The van der Waals surface area contributed by atoms with Gasteiger partial charge in [0, 0.05) is 44.3 Å². The molecule has 2 aromatic heterocycles. The minimum Gasteiger partial charge on any atom is -0.368 e. The summed E-state index contributed by atoms with van der Waals surface area (Å²) in [5, 5.41) is 3.23. The molecule has 9 heteroatoms. The van der Waals surface area contributed by atoms with Crippen molar-refractivity contribution in [3.63, 3.8) is 0 Å². The summed E-state index contributed by atoms with van der Waals surface area (Å²) in [6, 6.07) is 10.4. The monoisotopic (exact) mass is 482 g/mol. The number of aliphatic imine (C=N–C) groups is 1. The predicted molar refractivity (Wildman–Crippen MR) is 143 cm³/mol. The van der Waals surface area contributed by atoms with E-state index in [0.717, 1.165) is 43.0 Å². The number of pyridine rings is 1. The van der Waals surface area contributed by atoms with Crippen molar-refractivity contribution >= 4 is 35.6 Å². The maximum Gasteiger partial charge on any atom is 0.233 e. The molecule has 0 radical (unpaired) electrons. The Bertz CT molecular complexity index is 1320. The van der Waals surface area contributed by atoms with Crippen LogP contribution in [0.25, 0.3) is 12.2 Å². The van der Waals surface area contributed by atoms with Crippen molar-refractivity contribution in [2.45, 2.75) is 6.92 Å². The SMILES string of the molecule is C/C=C/C1=CC(Nc2nc(/C=C/c3cccc(F)c3)nc(N3CCN(c4ccncc4)CC3)n2)=NC1. The van der Waals surface area contributed by atoms with E-state index in [0.29, 0.717) is 30.1 Å². The molecule has 0 saturated carbocycles. The van der Waals surface area contributed by atoms with Gasteiger partial charge in [0.1, 0.15) is 11.7 Å². The van der Waals surface area contributed by atoms with Crippen LogP contribution in [-0.4, -0.2) is 58.5 Å². The van der Waals surface area contributed by atoms with E-state index in [2.05, 4.69) is 30.1 Å². The van der Waals surface area contributed by atoms with Gasteiger partial charge in [0.15, 0.2) is 5.82 Å². The van der Waals surface area contributed by atoms with E-state index in [1.165, 1.54) is 12.1 Å². The number of amidine groups is 1. The van der Waals surface area contributed by atoms with Crippen molar-refractivity contribution in [2.75, 3.05) is 47.8 Å². The quantitative estimate of drug-likeness (QED) is 0.563. The van der Waals surface area contributed by atoms with Gasteiger partial charge in [-0.1, -0.05) is 30.4 Å². The molecule has 1 aromatic carbocycles. The van der Waals surface area contributed by atoms with Gasteiger partial charge in [-0.25, -0.2) is 4.39 Å². The molecule has 0 bridgehead atoms. The van der Waals surface area contributed by atoms with Gasteiger partial charge in [0.25, 0.3) is 0 Å². The van der Waals surface area contributed by atoms with Crippen molar-refractivity contribution in [1.82, 2.24) is 19.9 Å². The number of anilines is 3.